The highest BCUT2D eigenvalue weighted by Gasteiger charge is 2.42. The van der Waals surface area contributed by atoms with Crippen molar-refractivity contribution in [3.8, 4) is 5.75 Å². The predicted octanol–water partition coefficient (Wildman–Crippen LogP) is 6.46. The lowest BCUT2D eigenvalue weighted by Crippen LogP contribution is -2.62. The normalized spacial score (nSPS) is 17.7. The van der Waals surface area contributed by atoms with Crippen LogP contribution in [-0.2, 0) is 4.79 Å². The lowest BCUT2D eigenvalue weighted by Gasteiger charge is -2.45. The van der Waals surface area contributed by atoms with Gasteiger partial charge in [-0.25, -0.2) is 0 Å². The zero-order valence-electron chi connectivity index (χ0n) is 22.0. The van der Waals surface area contributed by atoms with Crippen LogP contribution in [0.1, 0.15) is 62.6 Å². The Balaban J connectivity index is 0.000000468. The number of methoxy groups -OCH3 is 1. The summed E-state index contributed by atoms with van der Waals surface area (Å²) in [5.41, 5.74) is 4.64. The van der Waals surface area contributed by atoms with Crippen molar-refractivity contribution in [1.82, 2.24) is 0 Å². The van der Waals surface area contributed by atoms with Crippen LogP contribution >= 0.6 is 0 Å². The molecular weight excluding hydrogens is 408 g/mol. The fourth-order valence-corrected chi connectivity index (χ4v) is 5.10. The molecule has 182 valence electrons. The number of rotatable bonds is 8. The van der Waals surface area contributed by atoms with E-state index in [1.54, 1.807) is 7.11 Å². The molecule has 1 aliphatic rings. The molecule has 0 aromatic heterocycles. The molecule has 1 saturated heterocycles. The third-order valence-corrected chi connectivity index (χ3v) is 6.83. The molecule has 2 unspecified atom stereocenters. The number of ether oxygens (including phenoxy) is 1. The van der Waals surface area contributed by atoms with Crippen molar-refractivity contribution in [2.45, 2.75) is 72.8 Å². The molecule has 0 radical (unpaired) electrons. The Kier molecular flexibility index (Phi) is 10.4. The first kappa shape index (κ1) is 26.9. The van der Waals surface area contributed by atoms with Crippen molar-refractivity contribution in [2.24, 2.45) is 0 Å². The highest BCUT2D eigenvalue weighted by molar-refractivity contribution is 5.98. The van der Waals surface area contributed by atoms with E-state index < -0.39 is 0 Å². The number of carbonyl (C=O) groups excluding carboxylic acids is 1. The quantitative estimate of drug-likeness (QED) is 0.429. The van der Waals surface area contributed by atoms with E-state index in [0.717, 1.165) is 65.9 Å². The van der Waals surface area contributed by atoms with Crippen molar-refractivity contribution in [3.63, 3.8) is 0 Å². The average molecular weight is 454 g/mol. The third-order valence-electron chi connectivity index (χ3n) is 6.83. The second kappa shape index (κ2) is 12.8. The van der Waals surface area contributed by atoms with E-state index >= 15 is 0 Å². The summed E-state index contributed by atoms with van der Waals surface area (Å²) in [5, 5.41) is 0. The smallest absolute Gasteiger partial charge is 0.285 e. The number of benzene rings is 2. The lowest BCUT2D eigenvalue weighted by molar-refractivity contribution is -0.925. The number of hydrogen-bond donors (Lipinski definition) is 0. The Morgan fingerprint density at radius 3 is 2.12 bits per heavy atom. The molecule has 0 bridgehead atoms. The molecule has 1 fully saturated rings. The first-order valence-electron chi connectivity index (χ1n) is 12.6. The van der Waals surface area contributed by atoms with Gasteiger partial charge in [0.2, 0.25) is 0 Å². The van der Waals surface area contributed by atoms with Gasteiger partial charge < -0.3 is 14.1 Å². The fraction of sp³-hybridized carbons (Fsp3) is 0.552. The summed E-state index contributed by atoms with van der Waals surface area (Å²) in [6.45, 7) is 13.7. The van der Waals surface area contributed by atoms with Crippen LogP contribution in [-0.4, -0.2) is 50.2 Å². The Morgan fingerprint density at radius 2 is 1.64 bits per heavy atom. The monoisotopic (exact) mass is 453 g/mol. The number of carbonyl (C=O) groups is 1. The molecule has 0 saturated carbocycles. The first-order chi connectivity index (χ1) is 15.8. The number of unbranched alkanes of at least 4 members (excludes halogenated alkanes) is 1. The summed E-state index contributed by atoms with van der Waals surface area (Å²) in [4.78, 5) is 15.6. The van der Waals surface area contributed by atoms with Gasteiger partial charge in [-0.15, -0.1) is 0 Å². The summed E-state index contributed by atoms with van der Waals surface area (Å²) in [6.07, 6.45) is 5.55. The second-order valence-corrected chi connectivity index (χ2v) is 9.69. The molecule has 4 heteroatoms. The highest BCUT2D eigenvalue weighted by atomic mass is 16.5. The van der Waals surface area contributed by atoms with Gasteiger partial charge >= 0.3 is 0 Å². The van der Waals surface area contributed by atoms with Crippen LogP contribution < -0.4 is 9.64 Å². The maximum atomic E-state index is 13.5. The number of anilines is 1. The van der Waals surface area contributed by atoms with Gasteiger partial charge in [0.15, 0.2) is 6.04 Å². The van der Waals surface area contributed by atoms with Crippen LogP contribution in [0, 0.1) is 20.8 Å². The minimum absolute atomic E-state index is 0.0798. The van der Waals surface area contributed by atoms with Gasteiger partial charge in [0.05, 0.1) is 27.2 Å². The molecule has 0 N–H and O–H groups in total. The zero-order valence-corrected chi connectivity index (χ0v) is 22.0. The zero-order chi connectivity index (χ0) is 24.4. The second-order valence-electron chi connectivity index (χ2n) is 9.69. The summed E-state index contributed by atoms with van der Waals surface area (Å²) in [6, 6.07) is 14.4. The Labute approximate surface area is 202 Å². The van der Waals surface area contributed by atoms with Gasteiger partial charge in [-0.1, -0.05) is 56.2 Å². The highest BCUT2D eigenvalue weighted by Crippen LogP contribution is 2.34. The van der Waals surface area contributed by atoms with Crippen LogP contribution in [0.3, 0.4) is 0 Å². The van der Waals surface area contributed by atoms with Gasteiger partial charge in [-0.3, -0.25) is 4.79 Å². The Bertz CT molecular complexity index is 857. The molecule has 2 atom stereocenters. The van der Waals surface area contributed by atoms with E-state index in [-0.39, 0.29) is 6.04 Å². The molecule has 33 heavy (non-hydrogen) atoms. The van der Waals surface area contributed by atoms with E-state index in [1.807, 2.05) is 30.3 Å². The molecule has 3 rings (SSSR count). The maximum Gasteiger partial charge on any atom is 0.285 e. The first-order valence-corrected chi connectivity index (χ1v) is 12.6. The van der Waals surface area contributed by atoms with Crippen molar-refractivity contribution in [3.05, 3.63) is 59.2 Å². The van der Waals surface area contributed by atoms with Crippen LogP contribution in [0.4, 0.5) is 5.69 Å². The molecule has 0 spiro atoms. The predicted molar refractivity (Wildman–Crippen MR) is 140 cm³/mol. The Hall–Kier alpha value is -2.33. The van der Waals surface area contributed by atoms with E-state index in [9.17, 15) is 4.79 Å². The summed E-state index contributed by atoms with van der Waals surface area (Å²) in [7, 11) is 3.98. The van der Waals surface area contributed by atoms with Crippen LogP contribution in [0.15, 0.2) is 42.5 Å². The number of aryl methyl sites for hydroxylation is 3. The topological polar surface area (TPSA) is 29.5 Å². The SMILES string of the molecule is CCCC[N+](C)(CCC)C1CCCN(c2c(C)cc(OC)cc2C)C1=O.Cc1ccccc1. The van der Waals surface area contributed by atoms with E-state index in [4.69, 9.17) is 4.74 Å². The number of quaternary nitrogens is 1. The molecule has 4 nitrogen and oxygen atoms in total. The minimum Gasteiger partial charge on any atom is -0.497 e. The molecule has 0 aliphatic carbocycles. The van der Waals surface area contributed by atoms with Gasteiger partial charge in [0, 0.05) is 18.7 Å². The standard InChI is InChI=1S/C22H37N2O2.C7H8/c1-7-9-14-24(5,13-8-2)20-11-10-12-23(22(20)25)21-17(3)15-19(26-6)16-18(21)4;1-7-5-3-2-4-6-7/h15-16,20H,7-14H2,1-6H3;2-6H,1H3/q+1;. The van der Waals surface area contributed by atoms with Crippen molar-refractivity contribution >= 4 is 11.6 Å². The van der Waals surface area contributed by atoms with Crippen molar-refractivity contribution in [2.75, 3.05) is 38.7 Å². The van der Waals surface area contributed by atoms with Gasteiger partial charge in [0.25, 0.3) is 5.91 Å². The summed E-state index contributed by atoms with van der Waals surface area (Å²) >= 11 is 0. The number of nitrogens with zero attached hydrogens (tertiary/aromatic N) is 2. The van der Waals surface area contributed by atoms with E-state index in [2.05, 4.69) is 58.7 Å². The minimum atomic E-state index is 0.0798. The van der Waals surface area contributed by atoms with Crippen LogP contribution in [0.2, 0.25) is 0 Å². The molecule has 1 aliphatic heterocycles. The average Bonchev–Trinajstić information content (AvgIpc) is 2.79. The van der Waals surface area contributed by atoms with Gasteiger partial charge in [-0.2, -0.15) is 0 Å². The van der Waals surface area contributed by atoms with Crippen molar-refractivity contribution < 1.29 is 14.0 Å². The summed E-state index contributed by atoms with van der Waals surface area (Å²) in [5.74, 6) is 1.17. The Morgan fingerprint density at radius 1 is 1.00 bits per heavy atom. The maximum absolute atomic E-state index is 13.5. The number of piperidine rings is 1. The molecule has 2 aromatic rings. The molecule has 1 heterocycles. The fourth-order valence-electron chi connectivity index (χ4n) is 5.10. The van der Waals surface area contributed by atoms with E-state index in [1.165, 1.54) is 18.4 Å². The number of hydrogen-bond acceptors (Lipinski definition) is 2. The molecular formula is C29H45N2O2+. The number of likely N-dealkylation sites (N-methyl/N-ethyl adjacent to an activating group) is 1. The largest absolute Gasteiger partial charge is 0.497 e. The van der Waals surface area contributed by atoms with Crippen molar-refractivity contribution in [1.29, 1.82) is 0 Å². The summed E-state index contributed by atoms with van der Waals surface area (Å²) < 4.78 is 6.27. The lowest BCUT2D eigenvalue weighted by atomic mass is 9.97. The van der Waals surface area contributed by atoms with Crippen LogP contribution in [0.5, 0.6) is 5.75 Å². The molecule has 1 amide bonds. The van der Waals surface area contributed by atoms with Gasteiger partial charge in [0.1, 0.15) is 5.75 Å². The van der Waals surface area contributed by atoms with Gasteiger partial charge in [-0.05, 0) is 63.3 Å². The third kappa shape index (κ3) is 7.07. The molecule has 2 aromatic carbocycles. The number of amides is 1. The van der Waals surface area contributed by atoms with Crippen LogP contribution in [0.25, 0.3) is 0 Å². The van der Waals surface area contributed by atoms with E-state index in [0.29, 0.717) is 5.91 Å².